The van der Waals surface area contributed by atoms with Crippen LogP contribution in [0.5, 0.6) is 0 Å². The van der Waals surface area contributed by atoms with Gasteiger partial charge in [0.1, 0.15) is 0 Å². The van der Waals surface area contributed by atoms with Crippen molar-refractivity contribution in [1.29, 1.82) is 0 Å². The van der Waals surface area contributed by atoms with Gasteiger partial charge in [-0.3, -0.25) is 9.69 Å². The minimum Gasteiger partial charge on any atom is -0.480 e. The van der Waals surface area contributed by atoms with E-state index in [0.29, 0.717) is 16.6 Å². The summed E-state index contributed by atoms with van der Waals surface area (Å²) in [6.07, 6.45) is 0. The van der Waals surface area contributed by atoms with E-state index in [4.69, 9.17) is 5.11 Å². The SMILES string of the molecule is CN(CC(=O)O)Cc1ccc(S)nc1S. The van der Waals surface area contributed by atoms with Crippen molar-refractivity contribution in [2.75, 3.05) is 13.6 Å². The third-order valence-corrected chi connectivity index (χ3v) is 2.42. The lowest BCUT2D eigenvalue weighted by molar-refractivity contribution is -0.138. The van der Waals surface area contributed by atoms with Crippen LogP contribution in [-0.4, -0.2) is 34.6 Å². The molecule has 1 aromatic heterocycles. The highest BCUT2D eigenvalue weighted by Crippen LogP contribution is 2.15. The van der Waals surface area contributed by atoms with Gasteiger partial charge >= 0.3 is 5.97 Å². The molecule has 6 heteroatoms. The van der Waals surface area contributed by atoms with Crippen molar-refractivity contribution in [3.8, 4) is 0 Å². The molecule has 1 aromatic rings. The van der Waals surface area contributed by atoms with Gasteiger partial charge in [-0.2, -0.15) is 0 Å². The molecule has 0 spiro atoms. The monoisotopic (exact) mass is 244 g/mol. The van der Waals surface area contributed by atoms with Crippen LogP contribution < -0.4 is 0 Å². The Kier molecular flexibility index (Phi) is 4.44. The van der Waals surface area contributed by atoms with Crippen molar-refractivity contribution >= 4 is 31.2 Å². The van der Waals surface area contributed by atoms with Crippen molar-refractivity contribution in [3.63, 3.8) is 0 Å². The maximum Gasteiger partial charge on any atom is 0.317 e. The van der Waals surface area contributed by atoms with Crippen LogP contribution in [-0.2, 0) is 11.3 Å². The van der Waals surface area contributed by atoms with Crippen LogP contribution in [0.15, 0.2) is 22.2 Å². The van der Waals surface area contributed by atoms with Gasteiger partial charge < -0.3 is 5.11 Å². The number of hydrogen-bond acceptors (Lipinski definition) is 5. The number of likely N-dealkylation sites (N-methyl/N-ethyl adjacent to an activating group) is 1. The van der Waals surface area contributed by atoms with Crippen molar-refractivity contribution in [2.24, 2.45) is 0 Å². The Hall–Kier alpha value is -0.720. The lowest BCUT2D eigenvalue weighted by Gasteiger charge is -2.14. The average Bonchev–Trinajstić information content (AvgIpc) is 2.08. The lowest BCUT2D eigenvalue weighted by Crippen LogP contribution is -2.25. The summed E-state index contributed by atoms with van der Waals surface area (Å²) >= 11 is 8.28. The van der Waals surface area contributed by atoms with Gasteiger partial charge in [-0.25, -0.2) is 4.98 Å². The number of pyridine rings is 1. The van der Waals surface area contributed by atoms with Crippen LogP contribution >= 0.6 is 25.3 Å². The number of carboxylic acid groups (broad SMARTS) is 1. The molecule has 0 amide bonds. The van der Waals surface area contributed by atoms with Gasteiger partial charge in [0.15, 0.2) is 0 Å². The number of carbonyl (C=O) groups is 1. The largest absolute Gasteiger partial charge is 0.480 e. The van der Waals surface area contributed by atoms with Gasteiger partial charge in [0, 0.05) is 6.54 Å². The first-order valence-corrected chi connectivity index (χ1v) is 5.16. The molecule has 0 aliphatic rings. The van der Waals surface area contributed by atoms with Crippen molar-refractivity contribution in [2.45, 2.75) is 16.6 Å². The van der Waals surface area contributed by atoms with E-state index in [1.165, 1.54) is 0 Å². The van der Waals surface area contributed by atoms with Gasteiger partial charge in [0.25, 0.3) is 0 Å². The fourth-order valence-corrected chi connectivity index (χ4v) is 1.67. The van der Waals surface area contributed by atoms with E-state index in [0.717, 1.165) is 5.56 Å². The standard InChI is InChI=1S/C9H12N2O2S2/c1-11(5-8(12)13)4-6-2-3-7(14)10-9(6)15/h2-3H,4-5H2,1H3,(H,12,13)(H2,10,14,15). The number of aromatic nitrogens is 1. The molecule has 0 unspecified atom stereocenters. The molecule has 0 bridgehead atoms. The van der Waals surface area contributed by atoms with Gasteiger partial charge in [0.2, 0.25) is 0 Å². The van der Waals surface area contributed by atoms with Crippen LogP contribution in [0, 0.1) is 0 Å². The normalized spacial score (nSPS) is 10.7. The molecule has 0 aliphatic carbocycles. The number of carboxylic acids is 1. The molecule has 0 fully saturated rings. The molecule has 1 heterocycles. The maximum absolute atomic E-state index is 10.5. The van der Waals surface area contributed by atoms with E-state index in [1.807, 2.05) is 6.07 Å². The second kappa shape index (κ2) is 5.39. The fraction of sp³-hybridized carbons (Fsp3) is 0.333. The number of aliphatic carboxylic acids is 1. The van der Waals surface area contributed by atoms with Gasteiger partial charge in [-0.15, -0.1) is 25.3 Å². The third kappa shape index (κ3) is 4.11. The summed E-state index contributed by atoms with van der Waals surface area (Å²) in [4.78, 5) is 16.2. The zero-order valence-electron chi connectivity index (χ0n) is 8.21. The van der Waals surface area contributed by atoms with E-state index in [1.54, 1.807) is 18.0 Å². The van der Waals surface area contributed by atoms with Gasteiger partial charge in [-0.1, -0.05) is 6.07 Å². The summed E-state index contributed by atoms with van der Waals surface area (Å²) < 4.78 is 0. The Morgan fingerprint density at radius 3 is 2.73 bits per heavy atom. The smallest absolute Gasteiger partial charge is 0.317 e. The Morgan fingerprint density at radius 2 is 2.20 bits per heavy atom. The van der Waals surface area contributed by atoms with Crippen molar-refractivity contribution in [3.05, 3.63) is 17.7 Å². The zero-order chi connectivity index (χ0) is 11.4. The van der Waals surface area contributed by atoms with Crippen molar-refractivity contribution < 1.29 is 9.90 Å². The van der Waals surface area contributed by atoms with E-state index in [9.17, 15) is 4.79 Å². The Bertz CT molecular complexity index is 371. The zero-order valence-corrected chi connectivity index (χ0v) is 10.0. The van der Waals surface area contributed by atoms with Crippen LogP contribution in [0.3, 0.4) is 0 Å². The second-order valence-corrected chi connectivity index (χ2v) is 4.10. The Balaban J connectivity index is 2.68. The molecule has 0 saturated heterocycles. The predicted octanol–water partition coefficient (Wildman–Crippen LogP) is 1.18. The summed E-state index contributed by atoms with van der Waals surface area (Å²) in [5.41, 5.74) is 0.889. The molecule has 0 aliphatic heterocycles. The van der Waals surface area contributed by atoms with Crippen LogP contribution in [0.25, 0.3) is 0 Å². The maximum atomic E-state index is 10.5. The van der Waals surface area contributed by atoms with Gasteiger partial charge in [-0.05, 0) is 18.7 Å². The first-order chi connectivity index (χ1) is 6.99. The molecule has 0 aromatic carbocycles. The van der Waals surface area contributed by atoms with Crippen LogP contribution in [0.4, 0.5) is 0 Å². The van der Waals surface area contributed by atoms with E-state index in [-0.39, 0.29) is 6.54 Å². The fourth-order valence-electron chi connectivity index (χ4n) is 1.17. The highest BCUT2D eigenvalue weighted by atomic mass is 32.1. The van der Waals surface area contributed by atoms with E-state index in [2.05, 4.69) is 30.2 Å². The minimum absolute atomic E-state index is 0.00412. The first kappa shape index (κ1) is 12.4. The molecule has 15 heavy (non-hydrogen) atoms. The van der Waals surface area contributed by atoms with E-state index < -0.39 is 5.97 Å². The number of hydrogen-bond donors (Lipinski definition) is 3. The number of rotatable bonds is 4. The second-order valence-electron chi connectivity index (χ2n) is 3.22. The molecular weight excluding hydrogens is 232 g/mol. The molecule has 0 radical (unpaired) electrons. The summed E-state index contributed by atoms with van der Waals surface area (Å²) in [6, 6.07) is 3.60. The molecule has 0 saturated carbocycles. The highest BCUT2D eigenvalue weighted by Gasteiger charge is 2.07. The molecule has 4 nitrogen and oxygen atoms in total. The van der Waals surface area contributed by atoms with Crippen LogP contribution in [0.2, 0.25) is 0 Å². The summed E-state index contributed by atoms with van der Waals surface area (Å²) in [7, 11) is 1.73. The highest BCUT2D eigenvalue weighted by molar-refractivity contribution is 7.80. The summed E-state index contributed by atoms with van der Waals surface area (Å²) in [6.45, 7) is 0.502. The summed E-state index contributed by atoms with van der Waals surface area (Å²) in [5, 5.41) is 9.77. The number of thiol groups is 2. The number of nitrogens with zero attached hydrogens (tertiary/aromatic N) is 2. The third-order valence-electron chi connectivity index (χ3n) is 1.79. The van der Waals surface area contributed by atoms with Crippen LogP contribution in [0.1, 0.15) is 5.56 Å². The summed E-state index contributed by atoms with van der Waals surface area (Å²) in [5.74, 6) is -0.850. The quantitative estimate of drug-likeness (QED) is 0.696. The van der Waals surface area contributed by atoms with Crippen molar-refractivity contribution in [1.82, 2.24) is 9.88 Å². The first-order valence-electron chi connectivity index (χ1n) is 4.27. The Morgan fingerprint density at radius 1 is 1.53 bits per heavy atom. The molecule has 1 rings (SSSR count). The minimum atomic E-state index is -0.850. The molecular formula is C9H12N2O2S2. The molecule has 82 valence electrons. The topological polar surface area (TPSA) is 53.4 Å². The average molecular weight is 244 g/mol. The lowest BCUT2D eigenvalue weighted by atomic mass is 10.2. The predicted molar refractivity (Wildman–Crippen MR) is 62.7 cm³/mol. The Labute approximate surface area is 99.1 Å². The van der Waals surface area contributed by atoms with Gasteiger partial charge in [0.05, 0.1) is 16.6 Å². The van der Waals surface area contributed by atoms with E-state index >= 15 is 0 Å². The molecule has 0 atom stereocenters. The molecule has 1 N–H and O–H groups in total.